The van der Waals surface area contributed by atoms with E-state index in [-0.39, 0.29) is 29.5 Å². The van der Waals surface area contributed by atoms with E-state index in [2.05, 4.69) is 21.9 Å². The Labute approximate surface area is 204 Å². The fourth-order valence-corrected chi connectivity index (χ4v) is 4.41. The van der Waals surface area contributed by atoms with Crippen molar-refractivity contribution in [3.8, 4) is 12.3 Å². The molecule has 9 heteroatoms. The first-order chi connectivity index (χ1) is 16.6. The molecule has 1 saturated carbocycles. The van der Waals surface area contributed by atoms with Crippen molar-refractivity contribution in [2.45, 2.75) is 70.8 Å². The molecular weight excluding hydrogens is 462 g/mol. The van der Waals surface area contributed by atoms with Gasteiger partial charge in [-0.1, -0.05) is 19.8 Å². The van der Waals surface area contributed by atoms with Crippen LogP contribution in [0.3, 0.4) is 0 Å². The molecule has 2 rings (SSSR count). The average molecular weight is 498 g/mol. The van der Waals surface area contributed by atoms with Gasteiger partial charge in [0.15, 0.2) is 0 Å². The third-order valence-electron chi connectivity index (χ3n) is 6.83. The summed E-state index contributed by atoms with van der Waals surface area (Å²) in [6, 6.07) is 2.62. The molecule has 0 heterocycles. The van der Waals surface area contributed by atoms with Crippen molar-refractivity contribution in [3.63, 3.8) is 0 Å². The predicted octanol–water partition coefficient (Wildman–Crippen LogP) is 4.61. The number of nitrogens with one attached hydrogen (secondary N) is 3. The molecule has 0 radical (unpaired) electrons. The summed E-state index contributed by atoms with van der Waals surface area (Å²) in [6.45, 7) is 4.05. The highest BCUT2D eigenvalue weighted by molar-refractivity contribution is 5.94. The summed E-state index contributed by atoms with van der Waals surface area (Å²) in [5, 5.41) is 8.81. The second-order valence-electron chi connectivity index (χ2n) is 9.26. The topological polar surface area (TPSA) is 70.2 Å². The minimum absolute atomic E-state index is 0.131. The molecule has 35 heavy (non-hydrogen) atoms. The van der Waals surface area contributed by atoms with Gasteiger partial charge in [-0.15, -0.1) is 6.42 Å². The molecule has 1 aromatic rings. The predicted molar refractivity (Wildman–Crippen MR) is 127 cm³/mol. The van der Waals surface area contributed by atoms with Crippen LogP contribution in [0.15, 0.2) is 18.2 Å². The maximum absolute atomic E-state index is 13.0. The lowest BCUT2D eigenvalue weighted by Crippen LogP contribution is -2.49. The Balaban J connectivity index is 1.75. The van der Waals surface area contributed by atoms with Crippen LogP contribution in [0.5, 0.6) is 0 Å². The summed E-state index contributed by atoms with van der Waals surface area (Å²) in [5.41, 5.74) is -2.01. The van der Waals surface area contributed by atoms with Gasteiger partial charge in [0.1, 0.15) is 12.2 Å². The van der Waals surface area contributed by atoms with Crippen molar-refractivity contribution in [2.75, 3.05) is 19.6 Å². The van der Waals surface area contributed by atoms with Gasteiger partial charge >= 0.3 is 6.18 Å². The molecule has 0 spiro atoms. The summed E-state index contributed by atoms with van der Waals surface area (Å²) >= 11 is 0. The highest BCUT2D eigenvalue weighted by Crippen LogP contribution is 2.31. The molecule has 0 bridgehead atoms. The highest BCUT2D eigenvalue weighted by atomic mass is 19.4. The Morgan fingerprint density at radius 3 is 2.14 bits per heavy atom. The van der Waals surface area contributed by atoms with E-state index in [0.717, 1.165) is 43.9 Å². The molecule has 0 aromatic heterocycles. The Bertz CT molecular complexity index is 899. The van der Waals surface area contributed by atoms with Gasteiger partial charge in [0.2, 0.25) is 5.91 Å². The maximum atomic E-state index is 13.0. The van der Waals surface area contributed by atoms with Gasteiger partial charge in [-0.25, -0.2) is 4.39 Å². The number of benzene rings is 1. The first-order valence-corrected chi connectivity index (χ1v) is 12.1. The second-order valence-corrected chi connectivity index (χ2v) is 9.26. The first kappa shape index (κ1) is 28.6. The number of rotatable bonds is 11. The van der Waals surface area contributed by atoms with Crippen LogP contribution in [-0.2, 0) is 17.6 Å². The Morgan fingerprint density at radius 2 is 1.63 bits per heavy atom. The fraction of sp³-hybridized carbons (Fsp3) is 0.615. The monoisotopic (exact) mass is 497 g/mol. The van der Waals surface area contributed by atoms with Crippen molar-refractivity contribution >= 4 is 11.8 Å². The third kappa shape index (κ3) is 8.53. The summed E-state index contributed by atoms with van der Waals surface area (Å²) in [4.78, 5) is 24.6. The number of carbonyl (C=O) groups excluding carboxylic acids is 2. The zero-order valence-corrected chi connectivity index (χ0v) is 20.4. The Kier molecular flexibility index (Phi) is 10.6. The van der Waals surface area contributed by atoms with Crippen LogP contribution in [0.1, 0.15) is 73.9 Å². The number of amides is 2. The largest absolute Gasteiger partial charge is 0.416 e. The molecular formula is C26H35F4N3O2. The molecule has 2 amide bonds. The van der Waals surface area contributed by atoms with E-state index in [1.807, 2.05) is 13.8 Å². The van der Waals surface area contributed by atoms with E-state index in [0.29, 0.717) is 31.8 Å². The lowest BCUT2D eigenvalue weighted by molar-refractivity contribution is -0.137. The summed E-state index contributed by atoms with van der Waals surface area (Å²) in [7, 11) is 0. The van der Waals surface area contributed by atoms with Gasteiger partial charge in [-0.3, -0.25) is 9.59 Å². The van der Waals surface area contributed by atoms with Crippen molar-refractivity contribution in [1.82, 2.24) is 16.0 Å². The first-order valence-electron chi connectivity index (χ1n) is 12.1. The zero-order valence-electron chi connectivity index (χ0n) is 20.4. The molecule has 1 aliphatic rings. The number of terminal acetylenes is 1. The molecule has 1 fully saturated rings. The number of halogens is 4. The van der Waals surface area contributed by atoms with Crippen LogP contribution in [0.2, 0.25) is 0 Å². The highest BCUT2D eigenvalue weighted by Gasteiger charge is 2.32. The van der Waals surface area contributed by atoms with Crippen LogP contribution >= 0.6 is 0 Å². The third-order valence-corrected chi connectivity index (χ3v) is 6.83. The van der Waals surface area contributed by atoms with Crippen LogP contribution in [0.25, 0.3) is 0 Å². The van der Waals surface area contributed by atoms with Crippen LogP contribution in [0, 0.1) is 24.2 Å². The minimum Gasteiger partial charge on any atom is -0.352 e. The van der Waals surface area contributed by atoms with Gasteiger partial charge in [0.25, 0.3) is 5.91 Å². The van der Waals surface area contributed by atoms with Gasteiger partial charge in [-0.05, 0) is 80.7 Å². The van der Waals surface area contributed by atoms with E-state index < -0.39 is 29.9 Å². The van der Waals surface area contributed by atoms with Crippen LogP contribution in [0.4, 0.5) is 17.6 Å². The summed E-state index contributed by atoms with van der Waals surface area (Å²) in [5.74, 6) is 2.53. The second kappa shape index (κ2) is 12.9. The van der Waals surface area contributed by atoms with Gasteiger partial charge in [0, 0.05) is 12.1 Å². The lowest BCUT2D eigenvalue weighted by Gasteiger charge is -2.29. The Hall–Kier alpha value is -2.60. The molecule has 1 aliphatic carbocycles. The lowest BCUT2D eigenvalue weighted by atomic mass is 9.82. The van der Waals surface area contributed by atoms with Gasteiger partial charge in [0.05, 0.1) is 12.1 Å². The van der Waals surface area contributed by atoms with E-state index in [4.69, 9.17) is 6.42 Å². The normalized spacial score (nSPS) is 18.5. The van der Waals surface area contributed by atoms with Crippen molar-refractivity contribution in [2.24, 2.45) is 11.8 Å². The van der Waals surface area contributed by atoms with Crippen LogP contribution in [-0.4, -0.2) is 37.0 Å². The number of hydrogen-bond donors (Lipinski definition) is 3. The quantitative estimate of drug-likeness (QED) is 0.309. The standard InChI is InChI=1S/C26H35F4N3O2/c1-4-25(5-2,6-3)33-23(34)17-31-15-18-7-9-19(10-8-18)16-32-24(35)21-11-20(14-27)12-22(13-21)26(28,29)30/h1,11-13,18-19,31H,5-10,14-17H2,2-3H3,(H,32,35)(H,33,34). The average Bonchev–Trinajstić information content (AvgIpc) is 2.85. The molecule has 194 valence electrons. The molecule has 1 aromatic carbocycles. The smallest absolute Gasteiger partial charge is 0.352 e. The molecule has 3 N–H and O–H groups in total. The fourth-order valence-electron chi connectivity index (χ4n) is 4.41. The Morgan fingerprint density at radius 1 is 1.03 bits per heavy atom. The number of carbonyl (C=O) groups is 2. The van der Waals surface area contributed by atoms with Crippen molar-refractivity contribution < 1.29 is 27.2 Å². The minimum atomic E-state index is -4.65. The molecule has 0 unspecified atom stereocenters. The summed E-state index contributed by atoms with van der Waals surface area (Å²) in [6.07, 6.45) is 5.82. The van der Waals surface area contributed by atoms with Gasteiger partial charge in [-0.2, -0.15) is 13.2 Å². The van der Waals surface area contributed by atoms with E-state index in [1.54, 1.807) is 0 Å². The molecule has 0 aliphatic heterocycles. The SMILES string of the molecule is C#CC(CC)(CC)NC(=O)CNCC1CCC(CNC(=O)c2cc(CF)cc(C(F)(F)F)c2)CC1. The van der Waals surface area contributed by atoms with Crippen molar-refractivity contribution in [3.05, 3.63) is 34.9 Å². The number of alkyl halides is 4. The summed E-state index contributed by atoms with van der Waals surface area (Å²) < 4.78 is 52.0. The maximum Gasteiger partial charge on any atom is 0.416 e. The van der Waals surface area contributed by atoms with Crippen LogP contribution < -0.4 is 16.0 Å². The van der Waals surface area contributed by atoms with E-state index in [9.17, 15) is 27.2 Å². The number of hydrogen-bond acceptors (Lipinski definition) is 3. The molecule has 0 saturated heterocycles. The molecule has 0 atom stereocenters. The van der Waals surface area contributed by atoms with E-state index >= 15 is 0 Å². The van der Waals surface area contributed by atoms with Crippen molar-refractivity contribution in [1.29, 1.82) is 0 Å². The van der Waals surface area contributed by atoms with E-state index in [1.165, 1.54) is 0 Å². The molecule has 5 nitrogen and oxygen atoms in total. The zero-order chi connectivity index (χ0) is 26.1. The van der Waals surface area contributed by atoms with Gasteiger partial charge < -0.3 is 16.0 Å².